The van der Waals surface area contributed by atoms with Crippen molar-refractivity contribution in [1.29, 1.82) is 0 Å². The van der Waals surface area contributed by atoms with Gasteiger partial charge in [-0.2, -0.15) is 0 Å². The lowest BCUT2D eigenvalue weighted by Gasteiger charge is -2.17. The lowest BCUT2D eigenvalue weighted by molar-refractivity contribution is 0.111. The van der Waals surface area contributed by atoms with Crippen LogP contribution in [0, 0.1) is 5.92 Å². The van der Waals surface area contributed by atoms with Crippen LogP contribution in [-0.2, 0) is 6.42 Å². The topological polar surface area (TPSA) is 33.1 Å². The van der Waals surface area contributed by atoms with Gasteiger partial charge in [-0.15, -0.1) is 0 Å². The maximum atomic E-state index is 9.88. The first-order valence-corrected chi connectivity index (χ1v) is 5.31. The summed E-state index contributed by atoms with van der Waals surface area (Å²) in [6.07, 6.45) is 6.28. The highest BCUT2D eigenvalue weighted by atomic mass is 16.3. The summed E-state index contributed by atoms with van der Waals surface area (Å²) in [7, 11) is 0. The van der Waals surface area contributed by atoms with Crippen LogP contribution in [0.1, 0.15) is 32.3 Å². The normalized spacial score (nSPS) is 15.1. The lowest BCUT2D eigenvalue weighted by atomic mass is 9.94. The summed E-state index contributed by atoms with van der Waals surface area (Å²) in [5.41, 5.74) is 1.16. The molecule has 78 valence electrons. The minimum Gasteiger partial charge on any atom is -0.393 e. The fourth-order valence-electron chi connectivity index (χ4n) is 1.61. The van der Waals surface area contributed by atoms with Crippen LogP contribution >= 0.6 is 0 Å². The molecule has 0 bridgehead atoms. The van der Waals surface area contributed by atoms with E-state index in [4.69, 9.17) is 0 Å². The zero-order valence-electron chi connectivity index (χ0n) is 8.98. The van der Waals surface area contributed by atoms with E-state index in [1.165, 1.54) is 0 Å². The molecule has 0 spiro atoms. The van der Waals surface area contributed by atoms with Crippen molar-refractivity contribution in [2.45, 2.75) is 39.2 Å². The molecule has 1 aromatic rings. The second-order valence-electron chi connectivity index (χ2n) is 3.89. The lowest BCUT2D eigenvalue weighted by Crippen LogP contribution is -2.20. The Hall–Kier alpha value is -0.890. The molecular weight excluding hydrogens is 174 g/mol. The number of nitrogens with zero attached hydrogens (tertiary/aromatic N) is 1. The molecule has 0 aliphatic heterocycles. The standard InChI is InChI=1S/C12H19NO/c1-3-4-10(2)12(14)9-11-5-7-13-8-6-11/h5-8,10,12,14H,3-4,9H2,1-2H3. The van der Waals surface area contributed by atoms with Gasteiger partial charge < -0.3 is 5.11 Å². The largest absolute Gasteiger partial charge is 0.393 e. The quantitative estimate of drug-likeness (QED) is 0.779. The molecule has 0 aliphatic rings. The van der Waals surface area contributed by atoms with Gasteiger partial charge in [0.1, 0.15) is 0 Å². The summed E-state index contributed by atoms with van der Waals surface area (Å²) >= 11 is 0. The highest BCUT2D eigenvalue weighted by molar-refractivity contribution is 5.10. The Bertz CT molecular complexity index is 248. The molecule has 0 radical (unpaired) electrons. The second kappa shape index (κ2) is 5.76. The maximum absolute atomic E-state index is 9.88. The number of aliphatic hydroxyl groups excluding tert-OH is 1. The van der Waals surface area contributed by atoms with Gasteiger partial charge in [-0.25, -0.2) is 0 Å². The van der Waals surface area contributed by atoms with Crippen LogP contribution in [0.3, 0.4) is 0 Å². The number of aromatic nitrogens is 1. The molecule has 14 heavy (non-hydrogen) atoms. The molecule has 0 fully saturated rings. The van der Waals surface area contributed by atoms with Gasteiger partial charge in [0.15, 0.2) is 0 Å². The summed E-state index contributed by atoms with van der Waals surface area (Å²) in [5, 5.41) is 9.88. The zero-order valence-corrected chi connectivity index (χ0v) is 8.98. The van der Waals surface area contributed by atoms with Crippen molar-refractivity contribution in [3.63, 3.8) is 0 Å². The number of aliphatic hydroxyl groups is 1. The highest BCUT2D eigenvalue weighted by Gasteiger charge is 2.13. The molecule has 2 heteroatoms. The van der Waals surface area contributed by atoms with Crippen LogP contribution < -0.4 is 0 Å². The van der Waals surface area contributed by atoms with Gasteiger partial charge in [-0.05, 0) is 36.5 Å². The van der Waals surface area contributed by atoms with E-state index in [1.807, 2.05) is 12.1 Å². The minimum absolute atomic E-state index is 0.225. The summed E-state index contributed by atoms with van der Waals surface area (Å²) < 4.78 is 0. The monoisotopic (exact) mass is 193 g/mol. The summed E-state index contributed by atoms with van der Waals surface area (Å²) in [6, 6.07) is 3.92. The third-order valence-corrected chi connectivity index (χ3v) is 2.60. The second-order valence-corrected chi connectivity index (χ2v) is 3.89. The Morgan fingerprint density at radius 1 is 1.36 bits per heavy atom. The first-order chi connectivity index (χ1) is 6.74. The van der Waals surface area contributed by atoms with Gasteiger partial charge in [-0.3, -0.25) is 4.98 Å². The average Bonchev–Trinajstić information content (AvgIpc) is 2.19. The fraction of sp³-hybridized carbons (Fsp3) is 0.583. The van der Waals surface area contributed by atoms with Gasteiger partial charge in [0.2, 0.25) is 0 Å². The van der Waals surface area contributed by atoms with E-state index in [2.05, 4.69) is 18.8 Å². The maximum Gasteiger partial charge on any atom is 0.0606 e. The molecule has 2 atom stereocenters. The molecule has 0 saturated heterocycles. The van der Waals surface area contributed by atoms with Gasteiger partial charge in [-0.1, -0.05) is 20.3 Å². The van der Waals surface area contributed by atoms with Crippen molar-refractivity contribution in [1.82, 2.24) is 4.98 Å². The predicted molar refractivity (Wildman–Crippen MR) is 58.0 cm³/mol. The number of rotatable bonds is 5. The molecule has 1 heterocycles. The van der Waals surface area contributed by atoms with Crippen molar-refractivity contribution in [2.24, 2.45) is 5.92 Å². The van der Waals surface area contributed by atoms with E-state index in [0.717, 1.165) is 24.8 Å². The first kappa shape index (κ1) is 11.2. The van der Waals surface area contributed by atoms with Crippen LogP contribution in [0.2, 0.25) is 0 Å². The van der Waals surface area contributed by atoms with Crippen molar-refractivity contribution in [3.05, 3.63) is 30.1 Å². The van der Waals surface area contributed by atoms with Crippen molar-refractivity contribution in [3.8, 4) is 0 Å². The van der Waals surface area contributed by atoms with E-state index < -0.39 is 0 Å². The van der Waals surface area contributed by atoms with E-state index >= 15 is 0 Å². The van der Waals surface area contributed by atoms with Crippen molar-refractivity contribution < 1.29 is 5.11 Å². The Morgan fingerprint density at radius 2 is 2.00 bits per heavy atom. The van der Waals surface area contributed by atoms with Gasteiger partial charge >= 0.3 is 0 Å². The van der Waals surface area contributed by atoms with Crippen LogP contribution in [0.15, 0.2) is 24.5 Å². The molecule has 2 nitrogen and oxygen atoms in total. The van der Waals surface area contributed by atoms with Gasteiger partial charge in [0, 0.05) is 12.4 Å². The first-order valence-electron chi connectivity index (χ1n) is 5.31. The Kier molecular flexibility index (Phi) is 4.60. The summed E-state index contributed by atoms with van der Waals surface area (Å²) in [5.74, 6) is 0.383. The summed E-state index contributed by atoms with van der Waals surface area (Å²) in [6.45, 7) is 4.25. The van der Waals surface area contributed by atoms with E-state index in [0.29, 0.717) is 5.92 Å². The minimum atomic E-state index is -0.225. The van der Waals surface area contributed by atoms with Crippen molar-refractivity contribution >= 4 is 0 Å². The van der Waals surface area contributed by atoms with E-state index in [9.17, 15) is 5.11 Å². The highest BCUT2D eigenvalue weighted by Crippen LogP contribution is 2.14. The predicted octanol–water partition coefficient (Wildman–Crippen LogP) is 2.42. The van der Waals surface area contributed by atoms with Gasteiger partial charge in [0.25, 0.3) is 0 Å². The smallest absolute Gasteiger partial charge is 0.0606 e. The van der Waals surface area contributed by atoms with Crippen LogP contribution in [-0.4, -0.2) is 16.2 Å². The van der Waals surface area contributed by atoms with Crippen LogP contribution in [0.4, 0.5) is 0 Å². The van der Waals surface area contributed by atoms with E-state index in [-0.39, 0.29) is 6.10 Å². The van der Waals surface area contributed by atoms with Crippen LogP contribution in [0.25, 0.3) is 0 Å². The number of hydrogen-bond acceptors (Lipinski definition) is 2. The Morgan fingerprint density at radius 3 is 2.57 bits per heavy atom. The van der Waals surface area contributed by atoms with Crippen LogP contribution in [0.5, 0.6) is 0 Å². The number of hydrogen-bond donors (Lipinski definition) is 1. The molecule has 0 aromatic carbocycles. The molecule has 2 unspecified atom stereocenters. The zero-order chi connectivity index (χ0) is 10.4. The third kappa shape index (κ3) is 3.46. The van der Waals surface area contributed by atoms with Gasteiger partial charge in [0.05, 0.1) is 6.10 Å². The van der Waals surface area contributed by atoms with Crippen molar-refractivity contribution in [2.75, 3.05) is 0 Å². The summed E-state index contributed by atoms with van der Waals surface area (Å²) in [4.78, 5) is 3.95. The molecule has 1 aromatic heterocycles. The molecule has 0 aliphatic carbocycles. The SMILES string of the molecule is CCCC(C)C(O)Cc1ccncc1. The molecule has 1 N–H and O–H groups in total. The third-order valence-electron chi connectivity index (χ3n) is 2.60. The van der Waals surface area contributed by atoms with E-state index in [1.54, 1.807) is 12.4 Å². The number of pyridine rings is 1. The fourth-order valence-corrected chi connectivity index (χ4v) is 1.61. The molecular formula is C12H19NO. The Balaban J connectivity index is 2.44. The average molecular weight is 193 g/mol. The molecule has 1 rings (SSSR count). The molecule has 0 saturated carbocycles. The molecule has 0 amide bonds. The Labute approximate surface area is 86.0 Å².